The zero-order valence-corrected chi connectivity index (χ0v) is 22.6. The highest BCUT2D eigenvalue weighted by Gasteiger charge is 2.33. The number of carbonyl (C=O) groups excluding carboxylic acids is 2. The fraction of sp³-hybridized carbons (Fsp3) is 0.414. The van der Waals surface area contributed by atoms with Crippen molar-refractivity contribution in [2.75, 3.05) is 0 Å². The van der Waals surface area contributed by atoms with Gasteiger partial charge in [0.25, 0.3) is 5.56 Å². The molecule has 10 nitrogen and oxygen atoms in total. The van der Waals surface area contributed by atoms with Crippen LogP contribution >= 0.6 is 0 Å². The number of nitrogens with one attached hydrogen (secondary N) is 3. The predicted octanol–water partition coefficient (Wildman–Crippen LogP) is 2.62. The number of hydrogen-bond acceptors (Lipinski definition) is 5. The maximum Gasteiger partial charge on any atom is 0.329 e. The zero-order valence-electron chi connectivity index (χ0n) is 22.6. The summed E-state index contributed by atoms with van der Waals surface area (Å²) in [6, 6.07) is 12.0. The smallest absolute Gasteiger partial charge is 0.329 e. The summed E-state index contributed by atoms with van der Waals surface area (Å²) in [6.45, 7) is 7.32. The minimum absolute atomic E-state index is 0.0183. The van der Waals surface area contributed by atoms with Crippen LogP contribution in [0.25, 0.3) is 10.9 Å². The van der Waals surface area contributed by atoms with E-state index in [9.17, 15) is 29.1 Å². The lowest BCUT2D eigenvalue weighted by Crippen LogP contribution is -2.56. The Morgan fingerprint density at radius 2 is 1.56 bits per heavy atom. The number of carbonyl (C=O) groups is 3. The van der Waals surface area contributed by atoms with Crippen molar-refractivity contribution in [3.8, 4) is 0 Å². The first-order valence-corrected chi connectivity index (χ1v) is 13.1. The molecule has 1 heterocycles. The molecule has 2 aromatic carbocycles. The zero-order chi connectivity index (χ0) is 28.7. The van der Waals surface area contributed by atoms with Gasteiger partial charge in [0.05, 0.1) is 10.9 Å². The SMILES string of the molecule is CCC(C)[C@H](NC(=O)[C@H](Cc1ccccc1)n1c(=O)[nH]c2ccccc2c1=O)C(=O)N[C@H](CC(C)C)C(=O)O. The number of aliphatic carboxylic acids is 1. The van der Waals surface area contributed by atoms with E-state index in [0.717, 1.165) is 4.57 Å². The molecule has 0 saturated heterocycles. The monoisotopic (exact) mass is 536 g/mol. The van der Waals surface area contributed by atoms with Crippen molar-refractivity contribution in [1.29, 1.82) is 0 Å². The Morgan fingerprint density at radius 3 is 2.18 bits per heavy atom. The number of para-hydroxylation sites is 1. The van der Waals surface area contributed by atoms with E-state index in [-0.39, 0.29) is 30.1 Å². The Morgan fingerprint density at radius 1 is 0.923 bits per heavy atom. The van der Waals surface area contributed by atoms with Gasteiger partial charge in [0.15, 0.2) is 0 Å². The summed E-state index contributed by atoms with van der Waals surface area (Å²) in [4.78, 5) is 68.0. The van der Waals surface area contributed by atoms with Gasteiger partial charge in [-0.3, -0.25) is 14.4 Å². The molecule has 4 N–H and O–H groups in total. The second-order valence-electron chi connectivity index (χ2n) is 10.3. The molecule has 208 valence electrons. The Balaban J connectivity index is 2.02. The van der Waals surface area contributed by atoms with Gasteiger partial charge >= 0.3 is 11.7 Å². The third-order valence-electron chi connectivity index (χ3n) is 6.84. The average Bonchev–Trinajstić information content (AvgIpc) is 2.90. The summed E-state index contributed by atoms with van der Waals surface area (Å²) in [6.07, 6.45) is 0.759. The summed E-state index contributed by atoms with van der Waals surface area (Å²) < 4.78 is 0.884. The van der Waals surface area contributed by atoms with Crippen molar-refractivity contribution in [3.05, 3.63) is 81.0 Å². The summed E-state index contributed by atoms with van der Waals surface area (Å²) >= 11 is 0. The molecule has 3 aromatic rings. The quantitative estimate of drug-likeness (QED) is 0.279. The molecular weight excluding hydrogens is 500 g/mol. The maximum atomic E-state index is 13.8. The fourth-order valence-electron chi connectivity index (χ4n) is 4.50. The van der Waals surface area contributed by atoms with Gasteiger partial charge in [0.1, 0.15) is 18.1 Å². The molecule has 0 spiro atoms. The lowest BCUT2D eigenvalue weighted by atomic mass is 9.96. The molecule has 0 aliphatic heterocycles. The summed E-state index contributed by atoms with van der Waals surface area (Å²) in [5.74, 6) is -2.83. The van der Waals surface area contributed by atoms with Crippen molar-refractivity contribution in [2.24, 2.45) is 11.8 Å². The van der Waals surface area contributed by atoms with Crippen LogP contribution in [-0.2, 0) is 20.8 Å². The number of fused-ring (bicyclic) bond motifs is 1. The molecule has 0 bridgehead atoms. The van der Waals surface area contributed by atoms with Crippen LogP contribution < -0.4 is 21.9 Å². The lowest BCUT2D eigenvalue weighted by molar-refractivity contribution is -0.143. The number of benzene rings is 2. The number of rotatable bonds is 12. The molecule has 0 aliphatic carbocycles. The molecule has 0 radical (unpaired) electrons. The van der Waals surface area contributed by atoms with Gasteiger partial charge in [-0.25, -0.2) is 14.2 Å². The molecule has 39 heavy (non-hydrogen) atoms. The second-order valence-corrected chi connectivity index (χ2v) is 10.3. The van der Waals surface area contributed by atoms with Crippen LogP contribution in [0.4, 0.5) is 0 Å². The Hall–Kier alpha value is -4.21. The Kier molecular flexibility index (Phi) is 9.81. The minimum atomic E-state index is -1.27. The van der Waals surface area contributed by atoms with Crippen LogP contribution in [0.3, 0.4) is 0 Å². The lowest BCUT2D eigenvalue weighted by Gasteiger charge is -2.28. The van der Waals surface area contributed by atoms with Gasteiger partial charge in [-0.05, 0) is 36.0 Å². The molecule has 4 atom stereocenters. The molecular formula is C29H36N4O6. The van der Waals surface area contributed by atoms with Crippen molar-refractivity contribution in [3.63, 3.8) is 0 Å². The van der Waals surface area contributed by atoms with Gasteiger partial charge in [0.2, 0.25) is 11.8 Å². The van der Waals surface area contributed by atoms with E-state index in [1.54, 1.807) is 55.5 Å². The number of hydrogen-bond donors (Lipinski definition) is 4. The van der Waals surface area contributed by atoms with Crippen LogP contribution in [-0.4, -0.2) is 44.5 Å². The summed E-state index contributed by atoms with van der Waals surface area (Å²) in [5, 5.41) is 15.1. The fourth-order valence-corrected chi connectivity index (χ4v) is 4.50. The van der Waals surface area contributed by atoms with Crippen molar-refractivity contribution >= 4 is 28.7 Å². The van der Waals surface area contributed by atoms with Crippen molar-refractivity contribution < 1.29 is 19.5 Å². The molecule has 3 rings (SSSR count). The van der Waals surface area contributed by atoms with Crippen molar-refractivity contribution in [2.45, 2.75) is 65.1 Å². The molecule has 2 amide bonds. The highest BCUT2D eigenvalue weighted by molar-refractivity contribution is 5.91. The molecule has 10 heteroatoms. The van der Waals surface area contributed by atoms with E-state index >= 15 is 0 Å². The predicted molar refractivity (Wildman–Crippen MR) is 148 cm³/mol. The van der Waals surface area contributed by atoms with Gasteiger partial charge < -0.3 is 20.7 Å². The first kappa shape index (κ1) is 29.3. The number of aromatic nitrogens is 2. The normalized spacial score (nSPS) is 14.4. The molecule has 0 fully saturated rings. The first-order valence-electron chi connectivity index (χ1n) is 13.1. The number of carboxylic acids is 1. The Bertz CT molecular complexity index is 1430. The number of carboxylic acid groups (broad SMARTS) is 1. The highest BCUT2D eigenvalue weighted by atomic mass is 16.4. The third kappa shape index (κ3) is 7.22. The Labute approximate surface area is 226 Å². The minimum Gasteiger partial charge on any atom is -0.480 e. The summed E-state index contributed by atoms with van der Waals surface area (Å²) in [5.41, 5.74) is -0.311. The van der Waals surface area contributed by atoms with E-state index in [1.807, 2.05) is 26.8 Å². The molecule has 1 unspecified atom stereocenters. The van der Waals surface area contributed by atoms with E-state index < -0.39 is 47.2 Å². The van der Waals surface area contributed by atoms with Crippen LogP contribution in [0.2, 0.25) is 0 Å². The number of aromatic amines is 1. The number of nitrogens with zero attached hydrogens (tertiary/aromatic N) is 1. The second kappa shape index (κ2) is 13.0. The third-order valence-corrected chi connectivity index (χ3v) is 6.84. The van der Waals surface area contributed by atoms with Crippen LogP contribution in [0.15, 0.2) is 64.2 Å². The van der Waals surface area contributed by atoms with Crippen LogP contribution in [0.1, 0.15) is 52.1 Å². The van der Waals surface area contributed by atoms with E-state index in [4.69, 9.17) is 0 Å². The standard InChI is InChI=1S/C29H36N4O6/c1-5-18(4)24(26(35)30-22(28(37)38)15-17(2)3)32-25(34)23(16-19-11-7-6-8-12-19)33-27(36)20-13-9-10-14-21(20)31-29(33)39/h6-14,17-18,22-24H,5,15-16H2,1-4H3,(H,30,35)(H,31,39)(H,32,34)(H,37,38)/t18?,22-,23+,24+/m1/s1. The average molecular weight is 537 g/mol. The molecule has 0 aliphatic rings. The largest absolute Gasteiger partial charge is 0.480 e. The van der Waals surface area contributed by atoms with Crippen LogP contribution in [0, 0.1) is 11.8 Å². The van der Waals surface area contributed by atoms with Gasteiger partial charge in [-0.2, -0.15) is 0 Å². The van der Waals surface area contributed by atoms with Crippen molar-refractivity contribution in [1.82, 2.24) is 20.2 Å². The van der Waals surface area contributed by atoms with E-state index in [2.05, 4.69) is 15.6 Å². The maximum absolute atomic E-state index is 13.8. The van der Waals surface area contributed by atoms with E-state index in [1.165, 1.54) is 0 Å². The van der Waals surface area contributed by atoms with Crippen LogP contribution in [0.5, 0.6) is 0 Å². The highest BCUT2D eigenvalue weighted by Crippen LogP contribution is 2.16. The van der Waals surface area contributed by atoms with Gasteiger partial charge in [-0.15, -0.1) is 0 Å². The first-order chi connectivity index (χ1) is 18.5. The topological polar surface area (TPSA) is 150 Å². The van der Waals surface area contributed by atoms with E-state index in [0.29, 0.717) is 17.5 Å². The van der Waals surface area contributed by atoms with Gasteiger partial charge in [-0.1, -0.05) is 76.6 Å². The molecule has 1 aromatic heterocycles. The molecule has 0 saturated carbocycles. The van der Waals surface area contributed by atoms with Gasteiger partial charge in [0, 0.05) is 6.42 Å². The number of H-pyrrole nitrogens is 1. The summed E-state index contributed by atoms with van der Waals surface area (Å²) in [7, 11) is 0. The number of amides is 2.